The Balaban J connectivity index is 0.00000544. The van der Waals surface area contributed by atoms with E-state index in [1.165, 1.54) is 27.8 Å². The van der Waals surface area contributed by atoms with E-state index in [0.717, 1.165) is 44.7 Å². The van der Waals surface area contributed by atoms with Crippen LogP contribution >= 0.6 is 0 Å². The summed E-state index contributed by atoms with van der Waals surface area (Å²) in [5, 5.41) is 2.25. The van der Waals surface area contributed by atoms with Crippen LogP contribution in [0.5, 0.6) is 11.5 Å². The number of ether oxygens (including phenoxy) is 1. The molecule has 310 valence electrons. The Morgan fingerprint density at radius 1 is 0.567 bits per heavy atom. The minimum absolute atomic E-state index is 0. The average molecular weight is 972 g/mol. The first-order chi connectivity index (χ1) is 27.7. The molecule has 5 aromatic carbocycles. The minimum atomic E-state index is -0.187. The Hall–Kier alpha value is -5.25. The molecule has 0 radical (unpaired) electrons. The standard InChI is InChI=1S/C54H56N4O.Pt/c1-51(2,3)38-21-23-45-46-24-22-44(33-48(46)58(47(45)30-38)50-31-39(25-26-55-50)52(4,5)6)59-43-20-16-19-41(32-43)57-35-56(34-49(57)54(10,11)12)42-28-37(36-17-14-13-15-18-36)27-40(29-42)53(7,8)9;/h13-31,34H,1-12H3;/q-2;. The number of hydrogen-bond acceptors (Lipinski definition) is 2. The molecular formula is C54H56N4OPt-2. The molecule has 0 aliphatic carbocycles. The largest absolute Gasteiger partial charge is 0.510 e. The van der Waals surface area contributed by atoms with Crippen molar-refractivity contribution in [1.29, 1.82) is 0 Å². The van der Waals surface area contributed by atoms with Gasteiger partial charge in [-0.1, -0.05) is 137 Å². The molecule has 0 bridgehead atoms. The maximum absolute atomic E-state index is 6.65. The summed E-state index contributed by atoms with van der Waals surface area (Å²) < 4.78 is 13.1. The molecule has 0 saturated heterocycles. The minimum Gasteiger partial charge on any atom is -0.510 e. The van der Waals surface area contributed by atoms with Crippen LogP contribution in [0.1, 0.15) is 105 Å². The van der Waals surface area contributed by atoms with Crippen LogP contribution < -0.4 is 9.30 Å². The SMILES string of the molecule is CC(C)(C)c1cc(-c2ccccc2)cc(-[n+]2[c-]n(-c3[c-]c(Oc4[c-]c5c(cc4)c4ccc(C(C)(C)C)cc4n5-c4cc(C(C)(C)C)ccn4)ccc3)c(C(C)(C)C)c2)c1.[Pt]. The first-order valence-corrected chi connectivity index (χ1v) is 20.7. The molecule has 0 aliphatic rings. The van der Waals surface area contributed by atoms with Crippen LogP contribution in [-0.2, 0) is 42.7 Å². The van der Waals surface area contributed by atoms with E-state index in [-0.39, 0.29) is 42.7 Å². The molecule has 3 aromatic heterocycles. The summed E-state index contributed by atoms with van der Waals surface area (Å²) in [6.45, 7) is 27.0. The van der Waals surface area contributed by atoms with Gasteiger partial charge < -0.3 is 13.9 Å². The van der Waals surface area contributed by atoms with Crippen molar-refractivity contribution in [3.8, 4) is 39.8 Å². The molecular weight excluding hydrogens is 916 g/mol. The summed E-state index contributed by atoms with van der Waals surface area (Å²) in [7, 11) is 0. The van der Waals surface area contributed by atoms with Gasteiger partial charge in [0, 0.05) is 50.5 Å². The smallest absolute Gasteiger partial charge is 0.267 e. The fourth-order valence-corrected chi connectivity index (χ4v) is 7.63. The van der Waals surface area contributed by atoms with Crippen molar-refractivity contribution >= 4 is 21.8 Å². The van der Waals surface area contributed by atoms with Gasteiger partial charge in [-0.2, -0.15) is 18.2 Å². The van der Waals surface area contributed by atoms with Crippen molar-refractivity contribution < 1.29 is 30.4 Å². The summed E-state index contributed by atoms with van der Waals surface area (Å²) in [4.78, 5) is 4.92. The van der Waals surface area contributed by atoms with E-state index >= 15 is 0 Å². The number of aromatic nitrogens is 4. The van der Waals surface area contributed by atoms with Gasteiger partial charge in [0.05, 0.1) is 11.4 Å². The molecule has 0 fully saturated rings. The number of imidazole rings is 1. The molecule has 0 saturated carbocycles. The van der Waals surface area contributed by atoms with E-state index in [1.54, 1.807) is 0 Å². The number of rotatable bonds is 6. The Morgan fingerprint density at radius 3 is 1.92 bits per heavy atom. The summed E-state index contributed by atoms with van der Waals surface area (Å²) in [5.74, 6) is 2.06. The molecule has 0 atom stereocenters. The fraction of sp³-hybridized carbons (Fsp3) is 0.296. The van der Waals surface area contributed by atoms with Crippen LogP contribution in [0.25, 0.3) is 50.1 Å². The summed E-state index contributed by atoms with van der Waals surface area (Å²) in [6.07, 6.45) is 7.81. The predicted molar refractivity (Wildman–Crippen MR) is 243 cm³/mol. The van der Waals surface area contributed by atoms with E-state index in [2.05, 4.69) is 212 Å². The molecule has 8 aromatic rings. The second-order valence-corrected chi connectivity index (χ2v) is 20.0. The first kappa shape index (κ1) is 42.9. The third-order valence-electron chi connectivity index (χ3n) is 11.2. The summed E-state index contributed by atoms with van der Waals surface area (Å²) in [6, 6.07) is 46.0. The van der Waals surface area contributed by atoms with Crippen LogP contribution in [0, 0.1) is 18.5 Å². The first-order valence-electron chi connectivity index (χ1n) is 20.7. The Morgan fingerprint density at radius 2 is 1.23 bits per heavy atom. The quantitative estimate of drug-likeness (QED) is 0.123. The average Bonchev–Trinajstić information content (AvgIpc) is 3.78. The predicted octanol–water partition coefficient (Wildman–Crippen LogP) is 13.3. The van der Waals surface area contributed by atoms with E-state index in [0.29, 0.717) is 11.5 Å². The zero-order valence-corrected chi connectivity index (χ0v) is 39.3. The molecule has 8 rings (SSSR count). The summed E-state index contributed by atoms with van der Waals surface area (Å²) >= 11 is 0. The topological polar surface area (TPSA) is 35.9 Å². The van der Waals surface area contributed by atoms with Gasteiger partial charge in [-0.3, -0.25) is 4.57 Å². The monoisotopic (exact) mass is 971 g/mol. The molecule has 0 amide bonds. The Kier molecular flexibility index (Phi) is 11.2. The Bertz CT molecular complexity index is 2840. The summed E-state index contributed by atoms with van der Waals surface area (Å²) in [5.41, 5.74) is 10.9. The third kappa shape index (κ3) is 8.52. The van der Waals surface area contributed by atoms with E-state index in [9.17, 15) is 0 Å². The number of benzene rings is 5. The molecule has 6 heteroatoms. The zero-order chi connectivity index (χ0) is 42.1. The van der Waals surface area contributed by atoms with Gasteiger partial charge in [0.25, 0.3) is 6.33 Å². The van der Waals surface area contributed by atoms with Crippen molar-refractivity contribution in [3.05, 3.63) is 162 Å². The van der Waals surface area contributed by atoms with Crippen molar-refractivity contribution in [2.24, 2.45) is 0 Å². The van der Waals surface area contributed by atoms with Gasteiger partial charge in [-0.15, -0.1) is 29.7 Å². The molecule has 0 spiro atoms. The molecule has 0 N–H and O–H groups in total. The van der Waals surface area contributed by atoms with Crippen molar-refractivity contribution in [1.82, 2.24) is 14.1 Å². The van der Waals surface area contributed by atoms with E-state index in [4.69, 9.17) is 9.72 Å². The molecule has 5 nitrogen and oxygen atoms in total. The van der Waals surface area contributed by atoms with Gasteiger partial charge in [0.2, 0.25) is 0 Å². The fourth-order valence-electron chi connectivity index (χ4n) is 7.63. The van der Waals surface area contributed by atoms with Crippen molar-refractivity contribution in [2.75, 3.05) is 0 Å². The van der Waals surface area contributed by atoms with Crippen LogP contribution in [0.2, 0.25) is 0 Å². The number of pyridine rings is 1. The van der Waals surface area contributed by atoms with Crippen molar-refractivity contribution in [2.45, 2.75) is 105 Å². The van der Waals surface area contributed by atoms with E-state index < -0.39 is 0 Å². The van der Waals surface area contributed by atoms with E-state index in [1.807, 2.05) is 24.4 Å². The van der Waals surface area contributed by atoms with Gasteiger partial charge in [0.15, 0.2) is 0 Å². The van der Waals surface area contributed by atoms with Gasteiger partial charge in [-0.25, -0.2) is 4.98 Å². The van der Waals surface area contributed by atoms with Gasteiger partial charge in [0.1, 0.15) is 5.82 Å². The second-order valence-electron chi connectivity index (χ2n) is 20.0. The normalized spacial score (nSPS) is 12.5. The second kappa shape index (κ2) is 15.7. The van der Waals surface area contributed by atoms with Crippen LogP contribution in [0.15, 0.2) is 122 Å². The van der Waals surface area contributed by atoms with Crippen LogP contribution in [0.4, 0.5) is 0 Å². The number of fused-ring (bicyclic) bond motifs is 3. The zero-order valence-electron chi connectivity index (χ0n) is 37.1. The number of hydrogen-bond donors (Lipinski definition) is 0. The molecule has 3 heterocycles. The van der Waals surface area contributed by atoms with Crippen LogP contribution in [0.3, 0.4) is 0 Å². The number of nitrogens with zero attached hydrogens (tertiary/aromatic N) is 4. The maximum atomic E-state index is 6.65. The van der Waals surface area contributed by atoms with Crippen LogP contribution in [-0.4, -0.2) is 14.1 Å². The maximum Gasteiger partial charge on any atom is 0.267 e. The third-order valence-corrected chi connectivity index (χ3v) is 11.2. The molecule has 0 aliphatic heterocycles. The van der Waals surface area contributed by atoms with Gasteiger partial charge in [-0.05, 0) is 90.9 Å². The molecule has 0 unspecified atom stereocenters. The Labute approximate surface area is 371 Å². The van der Waals surface area contributed by atoms with Crippen molar-refractivity contribution in [3.63, 3.8) is 0 Å². The van der Waals surface area contributed by atoms with Gasteiger partial charge >= 0.3 is 0 Å². The molecule has 60 heavy (non-hydrogen) atoms.